The molecule has 1 saturated carbocycles. The van der Waals surface area contributed by atoms with E-state index in [1.54, 1.807) is 0 Å². The molecule has 5 atom stereocenters. The molecule has 3 heteroatoms. The van der Waals surface area contributed by atoms with Crippen molar-refractivity contribution < 1.29 is 4.74 Å². The van der Waals surface area contributed by atoms with Gasteiger partial charge in [0.1, 0.15) is 0 Å². The maximum Gasteiger partial charge on any atom is 0.0666 e. The van der Waals surface area contributed by atoms with Crippen molar-refractivity contribution in [1.29, 1.82) is 0 Å². The van der Waals surface area contributed by atoms with Crippen LogP contribution in [0.2, 0.25) is 0 Å². The van der Waals surface area contributed by atoms with Crippen LogP contribution in [0.25, 0.3) is 0 Å². The Labute approximate surface area is 110 Å². The third-order valence-corrected chi connectivity index (χ3v) is 6.02. The van der Waals surface area contributed by atoms with Crippen molar-refractivity contribution >= 4 is 11.8 Å². The van der Waals surface area contributed by atoms with E-state index >= 15 is 0 Å². The molecular weight excluding hydrogens is 230 g/mol. The Morgan fingerprint density at radius 2 is 2.00 bits per heavy atom. The highest BCUT2D eigenvalue weighted by atomic mass is 32.2. The maximum atomic E-state index is 5.69. The van der Waals surface area contributed by atoms with Gasteiger partial charge >= 0.3 is 0 Å². The Balaban J connectivity index is 1.89. The summed E-state index contributed by atoms with van der Waals surface area (Å²) in [5.74, 6) is 0.903. The highest BCUT2D eigenvalue weighted by Gasteiger charge is 2.34. The third kappa shape index (κ3) is 3.62. The second kappa shape index (κ2) is 6.44. The van der Waals surface area contributed by atoms with Crippen molar-refractivity contribution in [3.05, 3.63) is 0 Å². The zero-order valence-electron chi connectivity index (χ0n) is 11.4. The van der Waals surface area contributed by atoms with E-state index in [0.29, 0.717) is 6.10 Å². The van der Waals surface area contributed by atoms with E-state index in [1.165, 1.54) is 25.7 Å². The third-order valence-electron chi connectivity index (χ3n) is 4.18. The Kier molecular flexibility index (Phi) is 5.19. The molecule has 0 spiro atoms. The Bertz CT molecular complexity index is 236. The molecule has 1 saturated heterocycles. The minimum absolute atomic E-state index is 0.458. The number of hydrogen-bond acceptors (Lipinski definition) is 3. The zero-order valence-corrected chi connectivity index (χ0v) is 12.3. The minimum Gasteiger partial charge on any atom is -0.377 e. The summed E-state index contributed by atoms with van der Waals surface area (Å²) in [7, 11) is 0. The van der Waals surface area contributed by atoms with Gasteiger partial charge in [-0.25, -0.2) is 0 Å². The summed E-state index contributed by atoms with van der Waals surface area (Å²) in [6.45, 7) is 8.93. The first-order chi connectivity index (χ1) is 8.20. The quantitative estimate of drug-likeness (QED) is 0.836. The lowest BCUT2D eigenvalue weighted by atomic mass is 9.87. The van der Waals surface area contributed by atoms with Crippen LogP contribution in [-0.4, -0.2) is 35.8 Å². The van der Waals surface area contributed by atoms with E-state index in [9.17, 15) is 0 Å². The van der Waals surface area contributed by atoms with Crippen molar-refractivity contribution in [3.63, 3.8) is 0 Å². The topological polar surface area (TPSA) is 21.3 Å². The molecule has 1 aliphatic carbocycles. The molecule has 1 aliphatic heterocycles. The second-order valence-corrected chi connectivity index (χ2v) is 7.14. The van der Waals surface area contributed by atoms with Crippen LogP contribution in [0.5, 0.6) is 0 Å². The van der Waals surface area contributed by atoms with Crippen molar-refractivity contribution in [2.24, 2.45) is 5.92 Å². The Morgan fingerprint density at radius 3 is 2.65 bits per heavy atom. The predicted molar refractivity (Wildman–Crippen MR) is 75.7 cm³/mol. The van der Waals surface area contributed by atoms with Crippen LogP contribution < -0.4 is 5.32 Å². The van der Waals surface area contributed by atoms with E-state index < -0.39 is 0 Å². The van der Waals surface area contributed by atoms with E-state index in [1.807, 2.05) is 0 Å². The summed E-state index contributed by atoms with van der Waals surface area (Å²) in [6.07, 6.45) is 5.83. The smallest absolute Gasteiger partial charge is 0.0666 e. The van der Waals surface area contributed by atoms with Gasteiger partial charge in [0.15, 0.2) is 0 Å². The number of nitrogens with one attached hydrogen (secondary N) is 1. The lowest BCUT2D eigenvalue weighted by Crippen LogP contribution is -2.43. The van der Waals surface area contributed by atoms with Crippen LogP contribution in [0.4, 0.5) is 0 Å². The van der Waals surface area contributed by atoms with E-state index in [0.717, 1.165) is 35.6 Å². The standard InChI is InChI=1S/C14H27NOS/c1-4-15-12-6-5-10(2)9-14(12)17-13-7-8-16-11(13)3/h10-15H,4-9H2,1-3H3. The summed E-state index contributed by atoms with van der Waals surface area (Å²) in [5.41, 5.74) is 0. The van der Waals surface area contributed by atoms with Gasteiger partial charge < -0.3 is 10.1 Å². The van der Waals surface area contributed by atoms with Crippen LogP contribution in [0, 0.1) is 5.92 Å². The molecule has 0 bridgehead atoms. The average molecular weight is 257 g/mol. The normalized spacial score (nSPS) is 42.9. The van der Waals surface area contributed by atoms with Crippen molar-refractivity contribution in [2.45, 2.75) is 69.1 Å². The number of rotatable bonds is 4. The maximum absolute atomic E-state index is 5.69. The largest absolute Gasteiger partial charge is 0.377 e. The fraction of sp³-hybridized carbons (Fsp3) is 1.00. The second-order valence-electron chi connectivity index (χ2n) is 5.66. The van der Waals surface area contributed by atoms with Gasteiger partial charge in [-0.15, -0.1) is 0 Å². The summed E-state index contributed by atoms with van der Waals surface area (Å²) >= 11 is 2.20. The Hall–Kier alpha value is 0.270. The van der Waals surface area contributed by atoms with Crippen LogP contribution in [0.1, 0.15) is 46.5 Å². The van der Waals surface area contributed by atoms with E-state index in [-0.39, 0.29) is 0 Å². The number of thioether (sulfide) groups is 1. The lowest BCUT2D eigenvalue weighted by Gasteiger charge is -2.36. The fourth-order valence-electron chi connectivity index (χ4n) is 3.09. The van der Waals surface area contributed by atoms with Gasteiger partial charge in [0.2, 0.25) is 0 Å². The molecule has 1 heterocycles. The van der Waals surface area contributed by atoms with Gasteiger partial charge in [0.25, 0.3) is 0 Å². The first-order valence-electron chi connectivity index (χ1n) is 7.21. The molecule has 0 radical (unpaired) electrons. The summed E-state index contributed by atoms with van der Waals surface area (Å²) in [6, 6.07) is 0.731. The lowest BCUT2D eigenvalue weighted by molar-refractivity contribution is 0.127. The van der Waals surface area contributed by atoms with Gasteiger partial charge in [-0.2, -0.15) is 11.8 Å². The van der Waals surface area contributed by atoms with Gasteiger partial charge in [-0.3, -0.25) is 0 Å². The average Bonchev–Trinajstić information content (AvgIpc) is 2.69. The highest BCUT2D eigenvalue weighted by Crippen LogP contribution is 2.38. The summed E-state index contributed by atoms with van der Waals surface area (Å²) in [5, 5.41) is 5.21. The first-order valence-corrected chi connectivity index (χ1v) is 8.15. The number of ether oxygens (including phenoxy) is 1. The molecule has 100 valence electrons. The molecule has 2 aliphatic rings. The molecule has 2 fully saturated rings. The number of hydrogen-bond donors (Lipinski definition) is 1. The predicted octanol–water partition coefficient (Wildman–Crippen LogP) is 3.06. The SMILES string of the molecule is CCNC1CCC(C)CC1SC1CCOC1C. The van der Waals surface area contributed by atoms with Crippen LogP contribution in [-0.2, 0) is 4.74 Å². The zero-order chi connectivity index (χ0) is 12.3. The monoisotopic (exact) mass is 257 g/mol. The molecule has 2 rings (SSSR count). The van der Waals surface area contributed by atoms with E-state index in [4.69, 9.17) is 4.74 Å². The molecule has 0 aromatic heterocycles. The molecule has 0 amide bonds. The van der Waals surface area contributed by atoms with Crippen molar-refractivity contribution in [3.8, 4) is 0 Å². The molecule has 1 N–H and O–H groups in total. The molecular formula is C14H27NOS. The first kappa shape index (κ1) is 13.7. The summed E-state index contributed by atoms with van der Waals surface area (Å²) in [4.78, 5) is 0. The van der Waals surface area contributed by atoms with Gasteiger partial charge in [0, 0.05) is 23.1 Å². The molecule has 2 nitrogen and oxygen atoms in total. The van der Waals surface area contributed by atoms with Crippen LogP contribution >= 0.6 is 11.8 Å². The van der Waals surface area contributed by atoms with Crippen LogP contribution in [0.15, 0.2) is 0 Å². The van der Waals surface area contributed by atoms with Gasteiger partial charge in [0.05, 0.1) is 6.10 Å². The van der Waals surface area contributed by atoms with E-state index in [2.05, 4.69) is 37.8 Å². The molecule has 5 unspecified atom stereocenters. The van der Waals surface area contributed by atoms with Crippen LogP contribution in [0.3, 0.4) is 0 Å². The van der Waals surface area contributed by atoms with Crippen molar-refractivity contribution in [2.75, 3.05) is 13.2 Å². The van der Waals surface area contributed by atoms with Crippen molar-refractivity contribution in [1.82, 2.24) is 5.32 Å². The van der Waals surface area contributed by atoms with Gasteiger partial charge in [-0.1, -0.05) is 13.8 Å². The molecule has 0 aromatic carbocycles. The molecule has 17 heavy (non-hydrogen) atoms. The minimum atomic E-state index is 0.458. The Morgan fingerprint density at radius 1 is 1.18 bits per heavy atom. The van der Waals surface area contributed by atoms with Gasteiger partial charge in [-0.05, 0) is 45.1 Å². The summed E-state index contributed by atoms with van der Waals surface area (Å²) < 4.78 is 5.69. The highest BCUT2D eigenvalue weighted by molar-refractivity contribution is 8.00. The molecule has 0 aromatic rings. The fourth-order valence-corrected chi connectivity index (χ4v) is 4.93.